The second kappa shape index (κ2) is 3.13. The normalized spacial score (nSPS) is 11.1. The van der Waals surface area contributed by atoms with E-state index in [2.05, 4.69) is 4.98 Å². The highest BCUT2D eigenvalue weighted by molar-refractivity contribution is 5.90. The van der Waals surface area contributed by atoms with Crippen LogP contribution in [0.25, 0.3) is 16.4 Å². The number of aromatic nitrogens is 3. The second-order valence-corrected chi connectivity index (χ2v) is 3.69. The van der Waals surface area contributed by atoms with Crippen molar-refractivity contribution in [2.24, 2.45) is 7.05 Å². The number of fused-ring (bicyclic) bond motifs is 3. The van der Waals surface area contributed by atoms with Crippen molar-refractivity contribution in [1.82, 2.24) is 9.38 Å². The molecule has 0 aliphatic rings. The average Bonchev–Trinajstić information content (AvgIpc) is 2.36. The highest BCUT2D eigenvalue weighted by Gasteiger charge is 2.13. The lowest BCUT2D eigenvalue weighted by Gasteiger charge is -2.01. The summed E-state index contributed by atoms with van der Waals surface area (Å²) in [4.78, 5) is 16.2. The van der Waals surface area contributed by atoms with Crippen molar-refractivity contribution in [2.45, 2.75) is 0 Å². The van der Waals surface area contributed by atoms with E-state index in [4.69, 9.17) is 0 Å². The van der Waals surface area contributed by atoms with Crippen LogP contribution < -0.4 is 10.3 Å². The minimum Gasteiger partial charge on any atom is -0.264 e. The van der Waals surface area contributed by atoms with Crippen molar-refractivity contribution in [1.29, 1.82) is 0 Å². The summed E-state index contributed by atoms with van der Waals surface area (Å²) in [6.45, 7) is 0. The van der Waals surface area contributed by atoms with Crippen LogP contribution in [0.1, 0.15) is 0 Å². The van der Waals surface area contributed by atoms with Crippen LogP contribution in [0, 0.1) is 0 Å². The maximum atomic E-state index is 12.0. The molecule has 3 rings (SSSR count). The molecule has 3 aromatic rings. The first kappa shape index (κ1) is 9.03. The van der Waals surface area contributed by atoms with E-state index in [1.165, 1.54) is 0 Å². The molecule has 0 saturated carbocycles. The monoisotopic (exact) mass is 212 g/mol. The van der Waals surface area contributed by atoms with Gasteiger partial charge in [0.1, 0.15) is 17.2 Å². The van der Waals surface area contributed by atoms with Crippen molar-refractivity contribution in [3.05, 3.63) is 53.3 Å². The third kappa shape index (κ3) is 1.07. The molecule has 4 heteroatoms. The van der Waals surface area contributed by atoms with Crippen molar-refractivity contribution in [3.8, 4) is 0 Å². The molecule has 78 valence electrons. The Morgan fingerprint density at radius 2 is 2.19 bits per heavy atom. The molecule has 3 heterocycles. The summed E-state index contributed by atoms with van der Waals surface area (Å²) < 4.78 is 3.26. The lowest BCUT2D eigenvalue weighted by atomic mass is 10.2. The van der Waals surface area contributed by atoms with Gasteiger partial charge in [0.15, 0.2) is 0 Å². The predicted molar refractivity (Wildman–Crippen MR) is 60.1 cm³/mol. The van der Waals surface area contributed by atoms with Gasteiger partial charge in [-0.3, -0.25) is 4.98 Å². The minimum atomic E-state index is -0.0469. The molecule has 0 unspecified atom stereocenters. The lowest BCUT2D eigenvalue weighted by Crippen LogP contribution is -2.50. The quantitative estimate of drug-likeness (QED) is 0.406. The molecule has 4 nitrogen and oxygen atoms in total. The third-order valence-electron chi connectivity index (χ3n) is 2.79. The van der Waals surface area contributed by atoms with E-state index in [9.17, 15) is 4.79 Å². The first-order valence-corrected chi connectivity index (χ1v) is 5.02. The molecular formula is C12H10N3O+. The summed E-state index contributed by atoms with van der Waals surface area (Å²) in [5.41, 5.74) is 1.73. The molecule has 0 bridgehead atoms. The highest BCUT2D eigenvalue weighted by Crippen LogP contribution is 2.12. The maximum Gasteiger partial charge on any atom is 0.503 e. The number of rotatable bonds is 0. The Morgan fingerprint density at radius 1 is 1.31 bits per heavy atom. The Labute approximate surface area is 91.4 Å². The topological polar surface area (TPSA) is 38.2 Å². The summed E-state index contributed by atoms with van der Waals surface area (Å²) in [5, 5.41) is 0.977. The SMILES string of the molecule is C[n+]1c(=O)n2ccccc2c2cnccc21. The van der Waals surface area contributed by atoms with E-state index in [0.29, 0.717) is 0 Å². The van der Waals surface area contributed by atoms with E-state index >= 15 is 0 Å². The van der Waals surface area contributed by atoms with Gasteiger partial charge >= 0.3 is 5.69 Å². The third-order valence-corrected chi connectivity index (χ3v) is 2.79. The van der Waals surface area contributed by atoms with Gasteiger partial charge in [-0.25, -0.2) is 0 Å². The van der Waals surface area contributed by atoms with Gasteiger partial charge in [-0.05, 0) is 12.1 Å². The van der Waals surface area contributed by atoms with Gasteiger partial charge in [0.05, 0.1) is 12.4 Å². The fraction of sp³-hybridized carbons (Fsp3) is 0.0833. The molecule has 0 N–H and O–H groups in total. The largest absolute Gasteiger partial charge is 0.503 e. The van der Waals surface area contributed by atoms with Gasteiger partial charge in [-0.15, -0.1) is 0 Å². The first-order chi connectivity index (χ1) is 7.79. The van der Waals surface area contributed by atoms with E-state index in [1.807, 2.05) is 24.3 Å². The zero-order valence-electron chi connectivity index (χ0n) is 8.79. The van der Waals surface area contributed by atoms with Crippen molar-refractivity contribution >= 4 is 16.4 Å². The Bertz CT molecular complexity index is 746. The summed E-state index contributed by atoms with van der Waals surface area (Å²) >= 11 is 0. The fourth-order valence-corrected chi connectivity index (χ4v) is 1.97. The van der Waals surface area contributed by atoms with Crippen LogP contribution in [-0.4, -0.2) is 9.38 Å². The Hall–Kier alpha value is -2.23. The van der Waals surface area contributed by atoms with E-state index in [0.717, 1.165) is 16.4 Å². The number of nitrogens with zero attached hydrogens (tertiary/aromatic N) is 3. The lowest BCUT2D eigenvalue weighted by molar-refractivity contribution is -0.663. The van der Waals surface area contributed by atoms with Crippen LogP contribution in [0.5, 0.6) is 0 Å². The van der Waals surface area contributed by atoms with Gasteiger partial charge < -0.3 is 0 Å². The molecule has 0 aliphatic carbocycles. The first-order valence-electron chi connectivity index (χ1n) is 5.02. The average molecular weight is 212 g/mol. The van der Waals surface area contributed by atoms with Crippen molar-refractivity contribution < 1.29 is 4.57 Å². The van der Waals surface area contributed by atoms with E-state index < -0.39 is 0 Å². The standard InChI is InChI=1S/C12H10N3O/c1-14-10-5-6-13-8-9(10)11-4-2-3-7-15(11)12(14)16/h2-8H,1H3/q+1. The molecule has 0 fully saturated rings. The molecule has 0 aliphatic heterocycles. The Morgan fingerprint density at radius 3 is 3.06 bits per heavy atom. The zero-order chi connectivity index (χ0) is 11.1. The van der Waals surface area contributed by atoms with Gasteiger partial charge in [-0.2, -0.15) is 13.8 Å². The van der Waals surface area contributed by atoms with Gasteiger partial charge in [0.2, 0.25) is 0 Å². The number of pyridine rings is 2. The van der Waals surface area contributed by atoms with Gasteiger partial charge in [0, 0.05) is 18.5 Å². The van der Waals surface area contributed by atoms with Crippen LogP contribution in [0.3, 0.4) is 0 Å². The summed E-state index contributed by atoms with van der Waals surface area (Å²) in [6, 6.07) is 7.53. The fourth-order valence-electron chi connectivity index (χ4n) is 1.97. The molecule has 0 amide bonds. The van der Waals surface area contributed by atoms with Crippen molar-refractivity contribution in [3.63, 3.8) is 0 Å². The summed E-state index contributed by atoms with van der Waals surface area (Å²) in [6.07, 6.45) is 5.25. The molecule has 16 heavy (non-hydrogen) atoms. The molecular weight excluding hydrogens is 202 g/mol. The van der Waals surface area contributed by atoms with E-state index in [-0.39, 0.29) is 5.69 Å². The van der Waals surface area contributed by atoms with Crippen LogP contribution in [0.2, 0.25) is 0 Å². The van der Waals surface area contributed by atoms with Crippen molar-refractivity contribution in [2.75, 3.05) is 0 Å². The second-order valence-electron chi connectivity index (χ2n) is 3.69. The Balaban J connectivity index is 2.74. The molecule has 0 spiro atoms. The maximum absolute atomic E-state index is 12.0. The summed E-state index contributed by atoms with van der Waals surface area (Å²) in [7, 11) is 1.77. The Kier molecular flexibility index (Phi) is 1.77. The summed E-state index contributed by atoms with van der Waals surface area (Å²) in [5.74, 6) is 0. The molecule has 0 atom stereocenters. The van der Waals surface area contributed by atoms with Crippen LogP contribution >= 0.6 is 0 Å². The van der Waals surface area contributed by atoms with Crippen LogP contribution in [-0.2, 0) is 7.05 Å². The number of hydrogen-bond donors (Lipinski definition) is 0. The number of hydrogen-bond acceptors (Lipinski definition) is 2. The molecule has 3 aromatic heterocycles. The smallest absolute Gasteiger partial charge is 0.264 e. The molecule has 0 radical (unpaired) electrons. The highest BCUT2D eigenvalue weighted by atomic mass is 16.1. The minimum absolute atomic E-state index is 0.0469. The number of aryl methyl sites for hydroxylation is 1. The van der Waals surface area contributed by atoms with Crippen LogP contribution in [0.15, 0.2) is 47.7 Å². The predicted octanol–water partition coefficient (Wildman–Crippen LogP) is 0.672. The van der Waals surface area contributed by atoms with Gasteiger partial charge in [-0.1, -0.05) is 6.07 Å². The molecule has 0 aromatic carbocycles. The molecule has 0 saturated heterocycles. The zero-order valence-corrected chi connectivity index (χ0v) is 8.79. The van der Waals surface area contributed by atoms with Gasteiger partial charge in [0.25, 0.3) is 0 Å². The van der Waals surface area contributed by atoms with Crippen LogP contribution in [0.4, 0.5) is 0 Å². The van der Waals surface area contributed by atoms with E-state index in [1.54, 1.807) is 34.6 Å².